The lowest BCUT2D eigenvalue weighted by molar-refractivity contribution is -0.885. The maximum Gasteiger partial charge on any atom is 0.119 e. The van der Waals surface area contributed by atoms with Crippen LogP contribution < -0.4 is 5.11 Å². The number of carboxylic acid groups (broad SMARTS) is 1. The van der Waals surface area contributed by atoms with E-state index in [1.54, 1.807) is 0 Å². The number of carbonyl (C=O) groups is 1. The zero-order valence-corrected chi connectivity index (χ0v) is 19.7. The second kappa shape index (κ2) is 20.6. The summed E-state index contributed by atoms with van der Waals surface area (Å²) in [4.78, 5) is 10.6. The fraction of sp³-hybridized carbons (Fsp3) is 0.958. The number of hydrogen-bond donors (Lipinski definition) is 0. The summed E-state index contributed by atoms with van der Waals surface area (Å²) in [5.74, 6) is -1.02. The number of rotatable bonds is 23. The minimum atomic E-state index is -1.02. The molecule has 0 bridgehead atoms. The number of unbranched alkanes of at least 4 members (excludes halogenated alkanes) is 13. The minimum Gasteiger partial charge on any atom is -0.544 e. The number of likely N-dealkylation sites (N-methyl/N-ethyl adjacent to an activating group) is 1. The molecule has 0 amide bonds. The quantitative estimate of drug-likeness (QED) is 0.184. The van der Waals surface area contributed by atoms with E-state index >= 15 is 0 Å². The summed E-state index contributed by atoms with van der Waals surface area (Å²) in [6, 6.07) is 0. The van der Waals surface area contributed by atoms with Crippen LogP contribution in [0.1, 0.15) is 96.8 Å². The van der Waals surface area contributed by atoms with Crippen LogP contribution in [0, 0.1) is 0 Å². The molecule has 0 aliphatic heterocycles. The van der Waals surface area contributed by atoms with Gasteiger partial charge in [-0.3, -0.25) is 0 Å². The highest BCUT2D eigenvalue weighted by molar-refractivity contribution is 5.65. The second-order valence-corrected chi connectivity index (χ2v) is 9.01. The molecule has 0 spiro atoms. The molecule has 0 fully saturated rings. The molecule has 0 aliphatic rings. The first-order valence-electron chi connectivity index (χ1n) is 12.2. The zero-order chi connectivity index (χ0) is 21.6. The first kappa shape index (κ1) is 28.4. The molecule has 0 aliphatic carbocycles. The molecule has 0 aromatic heterocycles. The summed E-state index contributed by atoms with van der Waals surface area (Å²) >= 11 is 0. The van der Waals surface area contributed by atoms with E-state index in [2.05, 4.69) is 6.92 Å². The van der Waals surface area contributed by atoms with Crippen molar-refractivity contribution < 1.29 is 23.9 Å². The number of nitrogens with zero attached hydrogens (tertiary/aromatic N) is 1. The number of hydrogen-bond acceptors (Lipinski definition) is 4. The van der Waals surface area contributed by atoms with Gasteiger partial charge in [0.2, 0.25) is 0 Å². The number of aliphatic carboxylic acids is 1. The van der Waals surface area contributed by atoms with Gasteiger partial charge in [-0.2, -0.15) is 0 Å². The average molecular weight is 416 g/mol. The average Bonchev–Trinajstić information content (AvgIpc) is 2.65. The number of carbonyl (C=O) groups excluding carboxylic acids is 1. The van der Waals surface area contributed by atoms with E-state index in [4.69, 9.17) is 9.47 Å². The van der Waals surface area contributed by atoms with Crippen LogP contribution >= 0.6 is 0 Å². The molecule has 0 aromatic carbocycles. The highest BCUT2D eigenvalue weighted by atomic mass is 16.5. The topological polar surface area (TPSA) is 58.6 Å². The van der Waals surface area contributed by atoms with Gasteiger partial charge in [-0.15, -0.1) is 0 Å². The van der Waals surface area contributed by atoms with Crippen LogP contribution in [0.2, 0.25) is 0 Å². The number of quaternary nitrogens is 1. The van der Waals surface area contributed by atoms with Crippen LogP contribution in [-0.2, 0) is 14.3 Å². The SMILES string of the molecule is CCCCCCCCCCCCCCCCOCCOCC[N+](C)(C)CC(=O)[O-]. The largest absolute Gasteiger partial charge is 0.544 e. The molecule has 0 saturated heterocycles. The van der Waals surface area contributed by atoms with Crippen LogP contribution in [0.4, 0.5) is 0 Å². The molecule has 0 rings (SSSR count). The maximum absolute atomic E-state index is 10.6. The van der Waals surface area contributed by atoms with Gasteiger partial charge in [0.1, 0.15) is 13.1 Å². The van der Waals surface area contributed by atoms with Crippen molar-refractivity contribution in [2.45, 2.75) is 96.8 Å². The second-order valence-electron chi connectivity index (χ2n) is 9.01. The molecule has 0 saturated carbocycles. The molecule has 0 atom stereocenters. The molecule has 174 valence electrons. The normalized spacial score (nSPS) is 11.8. The molecule has 0 heterocycles. The molecule has 29 heavy (non-hydrogen) atoms. The highest BCUT2D eigenvalue weighted by Crippen LogP contribution is 2.12. The van der Waals surface area contributed by atoms with E-state index in [1.807, 2.05) is 14.1 Å². The molecule has 0 unspecified atom stereocenters. The molecule has 0 aromatic rings. The van der Waals surface area contributed by atoms with E-state index in [-0.39, 0.29) is 6.54 Å². The van der Waals surface area contributed by atoms with Crippen LogP contribution in [-0.4, -0.2) is 64.1 Å². The third kappa shape index (κ3) is 23.5. The molecule has 5 heteroatoms. The lowest BCUT2D eigenvalue weighted by atomic mass is 10.0. The minimum absolute atomic E-state index is 0.0129. The zero-order valence-electron chi connectivity index (χ0n) is 19.7. The Balaban J connectivity index is 3.14. The Morgan fingerprint density at radius 3 is 1.52 bits per heavy atom. The summed E-state index contributed by atoms with van der Waals surface area (Å²) in [7, 11) is 3.73. The lowest BCUT2D eigenvalue weighted by Gasteiger charge is -2.29. The van der Waals surface area contributed by atoms with Crippen LogP contribution in [0.5, 0.6) is 0 Å². The predicted octanol–water partition coefficient (Wildman–Crippen LogP) is 4.33. The predicted molar refractivity (Wildman–Crippen MR) is 119 cm³/mol. The van der Waals surface area contributed by atoms with Crippen molar-refractivity contribution in [1.29, 1.82) is 0 Å². The Kier molecular flexibility index (Phi) is 20.2. The van der Waals surface area contributed by atoms with E-state index in [0.717, 1.165) is 13.0 Å². The van der Waals surface area contributed by atoms with Gasteiger partial charge in [0.25, 0.3) is 0 Å². The first-order chi connectivity index (χ1) is 14.0. The van der Waals surface area contributed by atoms with Crippen LogP contribution in [0.15, 0.2) is 0 Å². The third-order valence-electron chi connectivity index (χ3n) is 5.41. The summed E-state index contributed by atoms with van der Waals surface area (Å²) in [6.45, 7) is 5.50. The van der Waals surface area contributed by atoms with Crippen molar-refractivity contribution >= 4 is 5.97 Å². The summed E-state index contributed by atoms with van der Waals surface area (Å²) in [5.41, 5.74) is 0. The van der Waals surface area contributed by atoms with Crippen molar-refractivity contribution in [3.63, 3.8) is 0 Å². The van der Waals surface area contributed by atoms with Gasteiger partial charge in [-0.25, -0.2) is 0 Å². The van der Waals surface area contributed by atoms with Gasteiger partial charge in [-0.1, -0.05) is 90.4 Å². The van der Waals surface area contributed by atoms with Gasteiger partial charge in [-0.05, 0) is 6.42 Å². The van der Waals surface area contributed by atoms with E-state index in [1.165, 1.54) is 83.5 Å². The lowest BCUT2D eigenvalue weighted by Crippen LogP contribution is -2.49. The van der Waals surface area contributed by atoms with Gasteiger partial charge in [0, 0.05) is 6.61 Å². The molecule has 5 nitrogen and oxygen atoms in total. The number of carboxylic acids is 1. The van der Waals surface area contributed by atoms with Crippen LogP contribution in [0.25, 0.3) is 0 Å². The Labute approximate surface area is 180 Å². The summed E-state index contributed by atoms with van der Waals surface area (Å²) in [6.07, 6.45) is 19.2. The Morgan fingerprint density at radius 1 is 0.655 bits per heavy atom. The standard InChI is InChI=1S/C24H49NO4/c1-4-5-6-7-8-9-10-11-12-13-14-15-16-17-19-28-21-22-29-20-18-25(2,3)23-24(26)27/h4-23H2,1-3H3. The molecular formula is C24H49NO4. The highest BCUT2D eigenvalue weighted by Gasteiger charge is 2.14. The van der Waals surface area contributed by atoms with Crippen LogP contribution in [0.3, 0.4) is 0 Å². The summed E-state index contributed by atoms with van der Waals surface area (Å²) in [5, 5.41) is 10.6. The third-order valence-corrected chi connectivity index (χ3v) is 5.41. The first-order valence-corrected chi connectivity index (χ1v) is 12.2. The van der Waals surface area contributed by atoms with Crippen molar-refractivity contribution in [1.82, 2.24) is 0 Å². The van der Waals surface area contributed by atoms with Crippen molar-refractivity contribution in [2.75, 3.05) is 53.6 Å². The summed E-state index contributed by atoms with van der Waals surface area (Å²) < 4.78 is 11.5. The van der Waals surface area contributed by atoms with E-state index in [9.17, 15) is 9.90 Å². The van der Waals surface area contributed by atoms with Gasteiger partial charge in [0.05, 0.1) is 39.9 Å². The Morgan fingerprint density at radius 2 is 1.07 bits per heavy atom. The smallest absolute Gasteiger partial charge is 0.119 e. The van der Waals surface area contributed by atoms with Gasteiger partial charge >= 0.3 is 0 Å². The fourth-order valence-electron chi connectivity index (χ4n) is 3.46. The molecule has 0 N–H and O–H groups in total. The van der Waals surface area contributed by atoms with Gasteiger partial charge in [0.15, 0.2) is 0 Å². The van der Waals surface area contributed by atoms with E-state index < -0.39 is 5.97 Å². The van der Waals surface area contributed by atoms with Crippen molar-refractivity contribution in [2.24, 2.45) is 0 Å². The monoisotopic (exact) mass is 415 g/mol. The number of ether oxygens (including phenoxy) is 2. The Bertz CT molecular complexity index is 361. The Hall–Kier alpha value is -0.650. The van der Waals surface area contributed by atoms with E-state index in [0.29, 0.717) is 30.8 Å². The fourth-order valence-corrected chi connectivity index (χ4v) is 3.46. The van der Waals surface area contributed by atoms with Gasteiger partial charge < -0.3 is 23.9 Å². The maximum atomic E-state index is 10.6. The van der Waals surface area contributed by atoms with Crippen molar-refractivity contribution in [3.8, 4) is 0 Å². The molecular weight excluding hydrogens is 366 g/mol. The van der Waals surface area contributed by atoms with Crippen molar-refractivity contribution in [3.05, 3.63) is 0 Å². The molecule has 0 radical (unpaired) electrons.